The molecule has 0 saturated carbocycles. The van der Waals surface area contributed by atoms with E-state index in [-0.39, 0.29) is 0 Å². The highest BCUT2D eigenvalue weighted by Crippen LogP contribution is 2.20. The van der Waals surface area contributed by atoms with Gasteiger partial charge in [0.25, 0.3) is 5.89 Å². The van der Waals surface area contributed by atoms with Crippen LogP contribution in [-0.4, -0.2) is 21.7 Å². The van der Waals surface area contributed by atoms with Crippen molar-refractivity contribution in [3.05, 3.63) is 29.3 Å². The van der Waals surface area contributed by atoms with Gasteiger partial charge in [0.05, 0.1) is 17.8 Å². The highest BCUT2D eigenvalue weighted by atomic mass is 16.5. The van der Waals surface area contributed by atoms with Gasteiger partial charge in [0, 0.05) is 5.69 Å². The Hall–Kier alpha value is -1.75. The van der Waals surface area contributed by atoms with Gasteiger partial charge in [0.2, 0.25) is 0 Å². The first kappa shape index (κ1) is 11.7. The topological polar surface area (TPSA) is 63.8 Å². The van der Waals surface area contributed by atoms with Crippen molar-refractivity contribution in [2.24, 2.45) is 0 Å². The zero-order valence-corrected chi connectivity index (χ0v) is 10.3. The first-order valence-corrected chi connectivity index (χ1v) is 5.68. The molecule has 0 bridgehead atoms. The average Bonchev–Trinajstić information content (AvgIpc) is 2.75. The molecule has 2 aromatic heterocycles. The number of pyridine rings is 1. The van der Waals surface area contributed by atoms with Gasteiger partial charge in [-0.05, 0) is 32.5 Å². The Balaban J connectivity index is 2.24. The molecule has 0 amide bonds. The zero-order valence-electron chi connectivity index (χ0n) is 10.3. The predicted octanol–water partition coefficient (Wildman–Crippen LogP) is 1.86. The van der Waals surface area contributed by atoms with Crippen LogP contribution in [0.15, 0.2) is 16.7 Å². The Kier molecular flexibility index (Phi) is 3.49. The van der Waals surface area contributed by atoms with Gasteiger partial charge < -0.3 is 9.84 Å². The van der Waals surface area contributed by atoms with Crippen LogP contribution in [0, 0.1) is 13.8 Å². The van der Waals surface area contributed by atoms with Gasteiger partial charge in [-0.2, -0.15) is 4.98 Å². The van der Waals surface area contributed by atoms with Gasteiger partial charge in [0.1, 0.15) is 0 Å². The average molecular weight is 232 g/mol. The molecular formula is C12H16N4O. The molecule has 5 heteroatoms. The van der Waals surface area contributed by atoms with Gasteiger partial charge in [-0.25, -0.2) is 0 Å². The maximum atomic E-state index is 5.23. The Labute approximate surface area is 100 Å². The number of aryl methyl sites for hydroxylation is 2. The van der Waals surface area contributed by atoms with Crippen molar-refractivity contribution >= 4 is 0 Å². The molecule has 0 spiro atoms. The van der Waals surface area contributed by atoms with Crippen molar-refractivity contribution < 1.29 is 4.52 Å². The molecule has 0 radical (unpaired) electrons. The second-order valence-corrected chi connectivity index (χ2v) is 3.88. The summed E-state index contributed by atoms with van der Waals surface area (Å²) < 4.78 is 5.23. The SMILES string of the molecule is CCNCc1noc(-c2ccc(C)nc2C)n1. The van der Waals surface area contributed by atoms with Crippen LogP contribution in [0.2, 0.25) is 0 Å². The van der Waals surface area contributed by atoms with E-state index in [2.05, 4.69) is 20.4 Å². The molecule has 2 heterocycles. The standard InChI is InChI=1S/C12H16N4O/c1-4-13-7-11-15-12(17-16-11)10-6-5-8(2)14-9(10)3/h5-6,13H,4,7H2,1-3H3. The van der Waals surface area contributed by atoms with Crippen LogP contribution in [-0.2, 0) is 6.54 Å². The molecule has 0 saturated heterocycles. The van der Waals surface area contributed by atoms with Crippen molar-refractivity contribution in [3.63, 3.8) is 0 Å². The summed E-state index contributed by atoms with van der Waals surface area (Å²) in [6.45, 7) is 7.44. The highest BCUT2D eigenvalue weighted by molar-refractivity contribution is 5.55. The second kappa shape index (κ2) is 5.05. The summed E-state index contributed by atoms with van der Waals surface area (Å²) in [5, 5.41) is 7.07. The molecule has 0 unspecified atom stereocenters. The van der Waals surface area contributed by atoms with Crippen LogP contribution in [0.3, 0.4) is 0 Å². The fourth-order valence-electron chi connectivity index (χ4n) is 1.58. The van der Waals surface area contributed by atoms with Crippen LogP contribution in [0.4, 0.5) is 0 Å². The lowest BCUT2D eigenvalue weighted by Gasteiger charge is -2.00. The van der Waals surface area contributed by atoms with E-state index >= 15 is 0 Å². The largest absolute Gasteiger partial charge is 0.334 e. The van der Waals surface area contributed by atoms with E-state index in [0.29, 0.717) is 18.3 Å². The quantitative estimate of drug-likeness (QED) is 0.871. The summed E-state index contributed by atoms with van der Waals surface area (Å²) in [5.74, 6) is 1.20. The molecule has 0 atom stereocenters. The molecular weight excluding hydrogens is 216 g/mol. The monoisotopic (exact) mass is 232 g/mol. The third kappa shape index (κ3) is 2.68. The minimum absolute atomic E-state index is 0.530. The van der Waals surface area contributed by atoms with Crippen LogP contribution < -0.4 is 5.32 Å². The number of hydrogen-bond acceptors (Lipinski definition) is 5. The van der Waals surface area contributed by atoms with Crippen molar-refractivity contribution in [3.8, 4) is 11.5 Å². The molecule has 17 heavy (non-hydrogen) atoms. The Morgan fingerprint density at radius 3 is 2.76 bits per heavy atom. The molecule has 0 fully saturated rings. The molecule has 2 aromatic rings. The van der Waals surface area contributed by atoms with E-state index in [1.165, 1.54) is 0 Å². The van der Waals surface area contributed by atoms with Crippen molar-refractivity contribution in [2.45, 2.75) is 27.3 Å². The van der Waals surface area contributed by atoms with Gasteiger partial charge in [-0.15, -0.1) is 0 Å². The second-order valence-electron chi connectivity index (χ2n) is 3.88. The summed E-state index contributed by atoms with van der Waals surface area (Å²) in [5.41, 5.74) is 2.79. The number of aromatic nitrogens is 3. The van der Waals surface area contributed by atoms with Crippen LogP contribution in [0.25, 0.3) is 11.5 Å². The molecule has 0 aliphatic rings. The summed E-state index contributed by atoms with van der Waals surface area (Å²) >= 11 is 0. The highest BCUT2D eigenvalue weighted by Gasteiger charge is 2.11. The lowest BCUT2D eigenvalue weighted by molar-refractivity contribution is 0.419. The fourth-order valence-corrected chi connectivity index (χ4v) is 1.58. The van der Waals surface area contributed by atoms with Crippen LogP contribution in [0.5, 0.6) is 0 Å². The van der Waals surface area contributed by atoms with Crippen LogP contribution in [0.1, 0.15) is 24.1 Å². The van der Waals surface area contributed by atoms with Gasteiger partial charge >= 0.3 is 0 Å². The minimum Gasteiger partial charge on any atom is -0.334 e. The summed E-state index contributed by atoms with van der Waals surface area (Å²) in [6.07, 6.45) is 0. The molecule has 5 nitrogen and oxygen atoms in total. The Morgan fingerprint density at radius 2 is 2.06 bits per heavy atom. The third-order valence-electron chi connectivity index (χ3n) is 2.46. The summed E-state index contributed by atoms with van der Waals surface area (Å²) in [4.78, 5) is 8.71. The number of nitrogens with one attached hydrogen (secondary N) is 1. The maximum absolute atomic E-state index is 5.23. The van der Waals surface area contributed by atoms with Crippen LogP contribution >= 0.6 is 0 Å². The zero-order chi connectivity index (χ0) is 12.3. The van der Waals surface area contributed by atoms with Gasteiger partial charge in [-0.1, -0.05) is 12.1 Å². The number of rotatable bonds is 4. The van der Waals surface area contributed by atoms with Crippen molar-refractivity contribution in [2.75, 3.05) is 6.54 Å². The van der Waals surface area contributed by atoms with Gasteiger partial charge in [0.15, 0.2) is 5.82 Å². The van der Waals surface area contributed by atoms with E-state index in [9.17, 15) is 0 Å². The molecule has 0 aliphatic carbocycles. The third-order valence-corrected chi connectivity index (χ3v) is 2.46. The van der Waals surface area contributed by atoms with E-state index in [1.807, 2.05) is 32.9 Å². The molecule has 90 valence electrons. The molecule has 0 aromatic carbocycles. The molecule has 2 rings (SSSR count). The number of nitrogens with zero attached hydrogens (tertiary/aromatic N) is 3. The first-order valence-electron chi connectivity index (χ1n) is 5.68. The van der Waals surface area contributed by atoms with E-state index in [1.54, 1.807) is 0 Å². The fraction of sp³-hybridized carbons (Fsp3) is 0.417. The normalized spacial score (nSPS) is 10.8. The van der Waals surface area contributed by atoms with E-state index in [4.69, 9.17) is 4.52 Å². The summed E-state index contributed by atoms with van der Waals surface area (Å²) in [6, 6.07) is 3.90. The van der Waals surface area contributed by atoms with Crippen molar-refractivity contribution in [1.29, 1.82) is 0 Å². The van der Waals surface area contributed by atoms with Gasteiger partial charge in [-0.3, -0.25) is 4.98 Å². The smallest absolute Gasteiger partial charge is 0.259 e. The lowest BCUT2D eigenvalue weighted by atomic mass is 10.2. The summed E-state index contributed by atoms with van der Waals surface area (Å²) in [7, 11) is 0. The molecule has 0 aliphatic heterocycles. The number of hydrogen-bond donors (Lipinski definition) is 1. The predicted molar refractivity (Wildman–Crippen MR) is 64.4 cm³/mol. The van der Waals surface area contributed by atoms with E-state index in [0.717, 1.165) is 23.5 Å². The minimum atomic E-state index is 0.530. The maximum Gasteiger partial charge on any atom is 0.259 e. The molecule has 1 N–H and O–H groups in total. The first-order chi connectivity index (χ1) is 8.20. The lowest BCUT2D eigenvalue weighted by Crippen LogP contribution is -2.12. The Morgan fingerprint density at radius 1 is 1.24 bits per heavy atom. The van der Waals surface area contributed by atoms with E-state index < -0.39 is 0 Å². The Bertz CT molecular complexity index is 507. The van der Waals surface area contributed by atoms with Crippen molar-refractivity contribution in [1.82, 2.24) is 20.4 Å².